The van der Waals surface area contributed by atoms with E-state index in [1.807, 2.05) is 66.7 Å². The lowest BCUT2D eigenvalue weighted by Gasteiger charge is -2.17. The van der Waals surface area contributed by atoms with Gasteiger partial charge in [-0.05, 0) is 31.4 Å². The second-order valence-electron chi connectivity index (χ2n) is 6.96. The number of benzene rings is 2. The Morgan fingerprint density at radius 1 is 0.931 bits per heavy atom. The molecule has 1 aliphatic rings. The average molecular weight is 386 g/mol. The lowest BCUT2D eigenvalue weighted by atomic mass is 9.94. The Kier molecular flexibility index (Phi) is 5.52. The highest BCUT2D eigenvalue weighted by Gasteiger charge is 2.22. The molecule has 0 saturated heterocycles. The molecule has 0 fully saturated rings. The second kappa shape index (κ2) is 8.56. The quantitative estimate of drug-likeness (QED) is 0.531. The first-order chi connectivity index (χ1) is 14.2. The van der Waals surface area contributed by atoms with Crippen LogP contribution < -0.4 is 10.9 Å². The number of para-hydroxylation sites is 1. The molecule has 0 radical (unpaired) electrons. The molecule has 0 unspecified atom stereocenters. The van der Waals surface area contributed by atoms with Gasteiger partial charge in [-0.2, -0.15) is 5.10 Å². The summed E-state index contributed by atoms with van der Waals surface area (Å²) in [6, 6.07) is 19.1. The Hall–Kier alpha value is -3.67. The molecular weight excluding hydrogens is 364 g/mol. The van der Waals surface area contributed by atoms with Crippen LogP contribution >= 0.6 is 0 Å². The van der Waals surface area contributed by atoms with E-state index < -0.39 is 5.91 Å². The van der Waals surface area contributed by atoms with Crippen LogP contribution in [0.15, 0.2) is 79.0 Å². The van der Waals surface area contributed by atoms with Crippen molar-refractivity contribution in [2.45, 2.75) is 19.3 Å². The average Bonchev–Trinajstić information content (AvgIpc) is 3.25. The van der Waals surface area contributed by atoms with Crippen molar-refractivity contribution in [1.82, 2.24) is 20.6 Å². The molecule has 29 heavy (non-hydrogen) atoms. The number of carbonyl (C=O) groups excluding carboxylic acids is 2. The van der Waals surface area contributed by atoms with E-state index in [1.165, 1.54) is 0 Å². The summed E-state index contributed by atoms with van der Waals surface area (Å²) in [5.41, 5.74) is 7.75. The molecule has 1 atom stereocenters. The molecule has 0 saturated carbocycles. The highest BCUT2D eigenvalue weighted by molar-refractivity contribution is 6.00. The third-order valence-corrected chi connectivity index (χ3v) is 4.97. The topological polar surface area (TPSA) is 76.0 Å². The summed E-state index contributed by atoms with van der Waals surface area (Å²) in [5.74, 6) is -0.675. The molecular formula is C23H22N4O2. The maximum Gasteiger partial charge on any atom is 0.273 e. The molecule has 4 rings (SSSR count). The van der Waals surface area contributed by atoms with E-state index in [0.717, 1.165) is 24.1 Å². The van der Waals surface area contributed by atoms with Gasteiger partial charge in [0.05, 0.1) is 11.3 Å². The molecule has 1 aliphatic carbocycles. The zero-order chi connectivity index (χ0) is 20.1. The van der Waals surface area contributed by atoms with E-state index in [9.17, 15) is 9.59 Å². The molecule has 0 spiro atoms. The van der Waals surface area contributed by atoms with Gasteiger partial charge in [-0.3, -0.25) is 20.4 Å². The Bertz CT molecular complexity index is 1030. The van der Waals surface area contributed by atoms with Gasteiger partial charge in [0.2, 0.25) is 5.91 Å². The third kappa shape index (κ3) is 4.27. The summed E-state index contributed by atoms with van der Waals surface area (Å²) in [4.78, 5) is 25.2. The number of hydrogen-bond donors (Lipinski definition) is 2. The standard InChI is InChI=1S/C23H22N4O2/c28-22(18-12-6-2-7-13-18)24-25-23(29)20-16-27(19-14-8-3-9-15-19)26-21(20)17-10-4-1-5-11-17/h1-6,8-11,14-16,18H,7,12-13H2,(H,24,28)(H,25,29)/t18-/m1/s1. The lowest BCUT2D eigenvalue weighted by Crippen LogP contribution is -2.44. The van der Waals surface area contributed by atoms with E-state index >= 15 is 0 Å². The number of nitrogens with one attached hydrogen (secondary N) is 2. The minimum Gasteiger partial charge on any atom is -0.273 e. The van der Waals surface area contributed by atoms with Gasteiger partial charge >= 0.3 is 0 Å². The first-order valence-corrected chi connectivity index (χ1v) is 9.68. The van der Waals surface area contributed by atoms with Crippen LogP contribution in [-0.4, -0.2) is 21.6 Å². The highest BCUT2D eigenvalue weighted by atomic mass is 16.2. The SMILES string of the molecule is O=C(NNC(=O)[C@@H]1CC=CCC1)c1cn(-c2ccccc2)nc1-c1ccccc1. The summed E-state index contributed by atoms with van der Waals surface area (Å²) < 4.78 is 1.67. The molecule has 6 nitrogen and oxygen atoms in total. The minimum absolute atomic E-state index is 0.110. The van der Waals surface area contributed by atoms with Gasteiger partial charge in [0, 0.05) is 17.7 Å². The Morgan fingerprint density at radius 2 is 1.66 bits per heavy atom. The summed E-state index contributed by atoms with van der Waals surface area (Å²) in [5, 5.41) is 4.62. The van der Waals surface area contributed by atoms with Crippen molar-refractivity contribution in [1.29, 1.82) is 0 Å². The largest absolute Gasteiger partial charge is 0.273 e. The van der Waals surface area contributed by atoms with E-state index in [0.29, 0.717) is 17.7 Å². The maximum atomic E-state index is 12.9. The number of aromatic nitrogens is 2. The lowest BCUT2D eigenvalue weighted by molar-refractivity contribution is -0.126. The van der Waals surface area contributed by atoms with Crippen molar-refractivity contribution in [2.24, 2.45) is 5.92 Å². The van der Waals surface area contributed by atoms with Gasteiger partial charge in [0.1, 0.15) is 5.69 Å². The molecule has 1 heterocycles. The zero-order valence-corrected chi connectivity index (χ0v) is 15.9. The van der Waals surface area contributed by atoms with Crippen LogP contribution in [0.4, 0.5) is 0 Å². The Balaban J connectivity index is 1.58. The molecule has 2 amide bonds. The predicted molar refractivity (Wildman–Crippen MR) is 111 cm³/mol. The van der Waals surface area contributed by atoms with Crippen LogP contribution in [-0.2, 0) is 4.79 Å². The van der Waals surface area contributed by atoms with Crippen LogP contribution in [0.2, 0.25) is 0 Å². The molecule has 0 aliphatic heterocycles. The van der Waals surface area contributed by atoms with Gasteiger partial charge in [0.15, 0.2) is 0 Å². The third-order valence-electron chi connectivity index (χ3n) is 4.97. The van der Waals surface area contributed by atoms with Crippen LogP contribution in [0.1, 0.15) is 29.6 Å². The van der Waals surface area contributed by atoms with Crippen molar-refractivity contribution in [2.75, 3.05) is 0 Å². The number of amides is 2. The molecule has 3 aromatic rings. The van der Waals surface area contributed by atoms with Crippen LogP contribution in [0, 0.1) is 5.92 Å². The molecule has 1 aromatic heterocycles. The number of hydrazine groups is 1. The predicted octanol–water partition coefficient (Wildman–Crippen LogP) is 3.66. The fourth-order valence-corrected chi connectivity index (χ4v) is 3.38. The van der Waals surface area contributed by atoms with Crippen molar-refractivity contribution in [3.05, 3.63) is 84.6 Å². The smallest absolute Gasteiger partial charge is 0.273 e. The fraction of sp³-hybridized carbons (Fsp3) is 0.174. The number of carbonyl (C=O) groups is 2. The van der Waals surface area contributed by atoms with Crippen LogP contribution in [0.25, 0.3) is 16.9 Å². The Labute approximate surface area is 169 Å². The number of hydrogen-bond acceptors (Lipinski definition) is 3. The van der Waals surface area contributed by atoms with Crippen LogP contribution in [0.5, 0.6) is 0 Å². The Morgan fingerprint density at radius 3 is 2.34 bits per heavy atom. The number of allylic oxidation sites excluding steroid dienone is 2. The molecule has 0 bridgehead atoms. The van der Waals surface area contributed by atoms with E-state index in [4.69, 9.17) is 0 Å². The summed E-state index contributed by atoms with van der Waals surface area (Å²) >= 11 is 0. The number of nitrogens with zero attached hydrogens (tertiary/aromatic N) is 2. The highest BCUT2D eigenvalue weighted by Crippen LogP contribution is 2.23. The van der Waals surface area contributed by atoms with Gasteiger partial charge in [-0.25, -0.2) is 4.68 Å². The first kappa shape index (κ1) is 18.7. The monoisotopic (exact) mass is 386 g/mol. The molecule has 6 heteroatoms. The summed E-state index contributed by atoms with van der Waals surface area (Å²) in [7, 11) is 0. The summed E-state index contributed by atoms with van der Waals surface area (Å²) in [6.07, 6.45) is 8.14. The van der Waals surface area contributed by atoms with Crippen molar-refractivity contribution >= 4 is 11.8 Å². The second-order valence-corrected chi connectivity index (χ2v) is 6.96. The van der Waals surface area contributed by atoms with Crippen molar-refractivity contribution in [3.8, 4) is 16.9 Å². The van der Waals surface area contributed by atoms with Gasteiger partial charge < -0.3 is 0 Å². The van der Waals surface area contributed by atoms with Crippen LogP contribution in [0.3, 0.4) is 0 Å². The van der Waals surface area contributed by atoms with E-state index in [2.05, 4.69) is 22.0 Å². The van der Waals surface area contributed by atoms with E-state index in [-0.39, 0.29) is 11.8 Å². The van der Waals surface area contributed by atoms with Gasteiger partial charge in [0.25, 0.3) is 5.91 Å². The summed E-state index contributed by atoms with van der Waals surface area (Å²) in [6.45, 7) is 0. The zero-order valence-electron chi connectivity index (χ0n) is 15.9. The van der Waals surface area contributed by atoms with E-state index in [1.54, 1.807) is 10.9 Å². The molecule has 2 N–H and O–H groups in total. The first-order valence-electron chi connectivity index (χ1n) is 9.68. The van der Waals surface area contributed by atoms with Crippen molar-refractivity contribution in [3.63, 3.8) is 0 Å². The number of rotatable bonds is 4. The normalized spacial score (nSPS) is 15.7. The molecule has 146 valence electrons. The maximum absolute atomic E-state index is 12.9. The molecule has 2 aromatic carbocycles. The van der Waals surface area contributed by atoms with Gasteiger partial charge in [-0.15, -0.1) is 0 Å². The minimum atomic E-state index is -0.397. The van der Waals surface area contributed by atoms with Gasteiger partial charge in [-0.1, -0.05) is 60.7 Å². The fourth-order valence-electron chi connectivity index (χ4n) is 3.38. The van der Waals surface area contributed by atoms with Crippen molar-refractivity contribution < 1.29 is 9.59 Å².